The number of rotatable bonds is 8. The lowest BCUT2D eigenvalue weighted by molar-refractivity contribution is -0.151. The molecule has 1 heterocycles. The maximum atomic E-state index is 13.1. The number of nitrogens with zero attached hydrogens (tertiary/aromatic N) is 1. The van der Waals surface area contributed by atoms with E-state index in [0.717, 1.165) is 4.90 Å². The molecule has 0 aromatic heterocycles. The van der Waals surface area contributed by atoms with Crippen molar-refractivity contribution in [3.05, 3.63) is 60.5 Å². The molecule has 1 aliphatic rings. The molecule has 0 saturated carbocycles. The summed E-state index contributed by atoms with van der Waals surface area (Å²) in [6, 6.07) is 5.02. The Kier molecular flexibility index (Phi) is 8.71. The molecule has 1 aliphatic heterocycles. The molecule has 0 spiro atoms. The zero-order valence-electron chi connectivity index (χ0n) is 17.6. The third kappa shape index (κ3) is 5.29. The highest BCUT2D eigenvalue weighted by Gasteiger charge is 2.47. The number of nitrogens with one attached hydrogen (secondary N) is 1. The SMILES string of the molecule is CCCC[C@@H](C(=O)OCC(=O)Nc1ccc(Cl)cc1)N1C(=O)c2c(Cl)c(Cl)c(Cl)c(Cl)c2C1=O. The number of halogens is 5. The van der Waals surface area contributed by atoms with Gasteiger partial charge in [0.05, 0.1) is 31.2 Å². The van der Waals surface area contributed by atoms with Crippen molar-refractivity contribution in [3.63, 3.8) is 0 Å². The van der Waals surface area contributed by atoms with Gasteiger partial charge < -0.3 is 10.1 Å². The van der Waals surface area contributed by atoms with Gasteiger partial charge in [-0.05, 0) is 30.7 Å². The monoisotopic (exact) mass is 564 g/mol. The highest BCUT2D eigenvalue weighted by atomic mass is 35.5. The van der Waals surface area contributed by atoms with E-state index in [1.54, 1.807) is 24.3 Å². The Hall–Kier alpha value is -2.03. The Morgan fingerprint density at radius 2 is 1.44 bits per heavy atom. The lowest BCUT2D eigenvalue weighted by Crippen LogP contribution is -2.46. The van der Waals surface area contributed by atoms with Gasteiger partial charge in [-0.25, -0.2) is 4.79 Å². The Labute approximate surface area is 220 Å². The maximum Gasteiger partial charge on any atom is 0.329 e. The largest absolute Gasteiger partial charge is 0.454 e. The van der Waals surface area contributed by atoms with E-state index in [0.29, 0.717) is 23.6 Å². The fourth-order valence-electron chi connectivity index (χ4n) is 3.36. The molecule has 2 aromatic rings. The van der Waals surface area contributed by atoms with Gasteiger partial charge in [0.25, 0.3) is 17.7 Å². The summed E-state index contributed by atoms with van der Waals surface area (Å²) < 4.78 is 5.13. The summed E-state index contributed by atoms with van der Waals surface area (Å²) in [6.45, 7) is 1.24. The van der Waals surface area contributed by atoms with E-state index >= 15 is 0 Å². The predicted molar refractivity (Wildman–Crippen MR) is 131 cm³/mol. The van der Waals surface area contributed by atoms with Crippen LogP contribution in [0.25, 0.3) is 0 Å². The first-order valence-electron chi connectivity index (χ1n) is 10.0. The Balaban J connectivity index is 1.80. The summed E-state index contributed by atoms with van der Waals surface area (Å²) in [7, 11) is 0. The number of anilines is 1. The van der Waals surface area contributed by atoms with Crippen molar-refractivity contribution in [3.8, 4) is 0 Å². The minimum atomic E-state index is -1.31. The second-order valence-corrected chi connectivity index (χ2v) is 9.26. The van der Waals surface area contributed by atoms with Crippen LogP contribution in [0.4, 0.5) is 5.69 Å². The van der Waals surface area contributed by atoms with Gasteiger partial charge in [-0.15, -0.1) is 0 Å². The van der Waals surface area contributed by atoms with Gasteiger partial charge in [0, 0.05) is 10.7 Å². The number of unbranched alkanes of at least 4 members (excludes halogenated alkanes) is 1. The van der Waals surface area contributed by atoms with Gasteiger partial charge in [0.15, 0.2) is 6.61 Å². The third-order valence-electron chi connectivity index (χ3n) is 5.02. The number of carbonyl (C=O) groups excluding carboxylic acids is 4. The fraction of sp³-hybridized carbons (Fsp3) is 0.273. The Morgan fingerprint density at radius 3 is 1.94 bits per heavy atom. The van der Waals surface area contributed by atoms with Crippen LogP contribution in [0, 0.1) is 0 Å². The van der Waals surface area contributed by atoms with Crippen molar-refractivity contribution >= 4 is 87.4 Å². The lowest BCUT2D eigenvalue weighted by atomic mass is 10.1. The standard InChI is InChI=1S/C22H17Cl5N2O5/c1-2-3-4-12(22(33)34-9-13(30)28-11-7-5-10(23)6-8-11)29-20(31)14-15(21(29)32)17(25)19(27)18(26)16(14)24/h5-8,12H,2-4,9H2,1H3,(H,28,30)/t12-/m0/s1. The molecule has 34 heavy (non-hydrogen) atoms. The zero-order chi connectivity index (χ0) is 25.2. The van der Waals surface area contributed by atoms with Crippen LogP contribution in [0.1, 0.15) is 46.9 Å². The van der Waals surface area contributed by atoms with E-state index in [-0.39, 0.29) is 37.6 Å². The number of amides is 3. The minimum Gasteiger partial charge on any atom is -0.454 e. The van der Waals surface area contributed by atoms with Crippen molar-refractivity contribution in [1.29, 1.82) is 0 Å². The van der Waals surface area contributed by atoms with Gasteiger partial charge >= 0.3 is 5.97 Å². The van der Waals surface area contributed by atoms with Crippen LogP contribution in [0.5, 0.6) is 0 Å². The molecule has 0 aliphatic carbocycles. The van der Waals surface area contributed by atoms with Crippen molar-refractivity contribution < 1.29 is 23.9 Å². The van der Waals surface area contributed by atoms with Gasteiger partial charge in [0.1, 0.15) is 6.04 Å². The minimum absolute atomic E-state index is 0.107. The second kappa shape index (κ2) is 11.1. The fourth-order valence-corrected chi connectivity index (χ4v) is 4.50. The first-order chi connectivity index (χ1) is 16.1. The molecule has 3 rings (SSSR count). The number of imide groups is 1. The van der Waals surface area contributed by atoms with Gasteiger partial charge in [-0.3, -0.25) is 19.3 Å². The van der Waals surface area contributed by atoms with Crippen LogP contribution in [0.2, 0.25) is 25.1 Å². The first kappa shape index (κ1) is 26.6. The van der Waals surface area contributed by atoms with E-state index in [1.165, 1.54) is 0 Å². The molecule has 180 valence electrons. The smallest absolute Gasteiger partial charge is 0.329 e. The average molecular weight is 567 g/mol. The van der Waals surface area contributed by atoms with Crippen LogP contribution in [-0.4, -0.2) is 41.2 Å². The van der Waals surface area contributed by atoms with E-state index in [2.05, 4.69) is 5.32 Å². The predicted octanol–water partition coefficient (Wildman–Crippen LogP) is 6.29. The molecule has 0 fully saturated rings. The van der Waals surface area contributed by atoms with Crippen LogP contribution < -0.4 is 5.32 Å². The molecule has 1 atom stereocenters. The normalized spacial score (nSPS) is 13.6. The number of carbonyl (C=O) groups is 4. The molecule has 12 heteroatoms. The number of hydrogen-bond acceptors (Lipinski definition) is 5. The average Bonchev–Trinajstić information content (AvgIpc) is 3.07. The first-order valence-corrected chi connectivity index (χ1v) is 11.9. The summed E-state index contributed by atoms with van der Waals surface area (Å²) >= 11 is 30.2. The molecular formula is C22H17Cl5N2O5. The van der Waals surface area contributed by atoms with Crippen LogP contribution in [0.15, 0.2) is 24.3 Å². The summed E-state index contributed by atoms with van der Waals surface area (Å²) in [5, 5.41) is 2.21. The van der Waals surface area contributed by atoms with Gasteiger partial charge in [-0.1, -0.05) is 77.8 Å². The Morgan fingerprint density at radius 1 is 0.912 bits per heavy atom. The highest BCUT2D eigenvalue weighted by molar-refractivity contribution is 6.55. The molecule has 1 N–H and O–H groups in total. The lowest BCUT2D eigenvalue weighted by Gasteiger charge is -2.24. The molecule has 2 aromatic carbocycles. The number of hydrogen-bond donors (Lipinski definition) is 1. The van der Waals surface area contributed by atoms with E-state index < -0.39 is 36.3 Å². The number of ether oxygens (including phenoxy) is 1. The van der Waals surface area contributed by atoms with Crippen molar-refractivity contribution in [1.82, 2.24) is 4.90 Å². The van der Waals surface area contributed by atoms with E-state index in [9.17, 15) is 19.2 Å². The van der Waals surface area contributed by atoms with Crippen molar-refractivity contribution in [2.24, 2.45) is 0 Å². The summed E-state index contributed by atoms with van der Waals surface area (Å²) in [4.78, 5) is 52.1. The topological polar surface area (TPSA) is 92.8 Å². The number of fused-ring (bicyclic) bond motifs is 1. The van der Waals surface area contributed by atoms with Gasteiger partial charge in [-0.2, -0.15) is 0 Å². The number of benzene rings is 2. The van der Waals surface area contributed by atoms with Crippen LogP contribution in [-0.2, 0) is 14.3 Å². The molecular weight excluding hydrogens is 550 g/mol. The van der Waals surface area contributed by atoms with Crippen molar-refractivity contribution in [2.45, 2.75) is 32.2 Å². The molecule has 0 bridgehead atoms. The van der Waals surface area contributed by atoms with E-state index in [4.69, 9.17) is 62.7 Å². The van der Waals surface area contributed by atoms with Gasteiger partial charge in [0.2, 0.25) is 0 Å². The van der Waals surface area contributed by atoms with Crippen LogP contribution in [0.3, 0.4) is 0 Å². The zero-order valence-corrected chi connectivity index (χ0v) is 21.4. The van der Waals surface area contributed by atoms with Crippen molar-refractivity contribution in [2.75, 3.05) is 11.9 Å². The summed E-state index contributed by atoms with van der Waals surface area (Å²) in [6.07, 6.45) is 1.27. The third-order valence-corrected chi connectivity index (χ3v) is 7.07. The quantitative estimate of drug-likeness (QED) is 0.175. The van der Waals surface area contributed by atoms with Crippen LogP contribution >= 0.6 is 58.0 Å². The maximum absolute atomic E-state index is 13.1. The molecule has 3 amide bonds. The Bertz CT molecular complexity index is 1120. The molecule has 7 nitrogen and oxygen atoms in total. The molecule has 0 saturated heterocycles. The van der Waals surface area contributed by atoms with E-state index in [1.807, 2.05) is 6.92 Å². The summed E-state index contributed by atoms with van der Waals surface area (Å²) in [5.41, 5.74) is -0.0203. The second-order valence-electron chi connectivity index (χ2n) is 7.31. The molecule has 0 radical (unpaired) electrons. The summed E-state index contributed by atoms with van der Waals surface area (Å²) in [5.74, 6) is -3.25. The molecule has 0 unspecified atom stereocenters. The number of esters is 1. The highest BCUT2D eigenvalue weighted by Crippen LogP contribution is 2.45.